The molecule has 1 amide bonds. The van der Waals surface area contributed by atoms with Gasteiger partial charge >= 0.3 is 6.09 Å². The zero-order chi connectivity index (χ0) is 17.7. The Morgan fingerprint density at radius 1 is 1.04 bits per heavy atom. The van der Waals surface area contributed by atoms with Crippen LogP contribution in [0.4, 0.5) is 4.79 Å². The summed E-state index contributed by atoms with van der Waals surface area (Å²) in [5.74, 6) is 0. The number of nitrogens with zero attached hydrogens (tertiary/aromatic N) is 1. The van der Waals surface area contributed by atoms with Gasteiger partial charge in [-0.25, -0.2) is 4.79 Å². The van der Waals surface area contributed by atoms with E-state index in [2.05, 4.69) is 31.4 Å². The third kappa shape index (κ3) is 8.56. The molecule has 0 aromatic carbocycles. The van der Waals surface area contributed by atoms with Gasteiger partial charge < -0.3 is 20.3 Å². The molecule has 1 aliphatic carbocycles. The highest BCUT2D eigenvalue weighted by Crippen LogP contribution is 2.23. The Hall–Kier alpha value is -0.810. The summed E-state index contributed by atoms with van der Waals surface area (Å²) in [7, 11) is 1.86. The standard InChI is InChI=1S/C18H37N3O2/c1-17(2,3)20-13-12-19-14-8-10-15(11-9-14)21(7)16(22)23-18(4,5)6/h14-15,19-20H,8-13H2,1-7H3. The van der Waals surface area contributed by atoms with Crippen LogP contribution in [-0.2, 0) is 4.74 Å². The molecule has 1 saturated carbocycles. The highest BCUT2D eigenvalue weighted by Gasteiger charge is 2.29. The predicted octanol–water partition coefficient (Wildman–Crippen LogP) is 3.14. The number of carbonyl (C=O) groups excluding carboxylic acids is 1. The number of ether oxygens (including phenoxy) is 1. The summed E-state index contributed by atoms with van der Waals surface area (Å²) >= 11 is 0. The molecule has 5 heteroatoms. The first kappa shape index (κ1) is 20.2. The lowest BCUT2D eigenvalue weighted by molar-refractivity contribution is 0.0179. The fourth-order valence-electron chi connectivity index (χ4n) is 2.86. The Balaban J connectivity index is 2.25. The molecule has 136 valence electrons. The van der Waals surface area contributed by atoms with E-state index in [4.69, 9.17) is 4.74 Å². The Morgan fingerprint density at radius 2 is 1.61 bits per heavy atom. The fraction of sp³-hybridized carbons (Fsp3) is 0.944. The van der Waals surface area contributed by atoms with Gasteiger partial charge in [0.15, 0.2) is 0 Å². The van der Waals surface area contributed by atoms with Crippen LogP contribution >= 0.6 is 0 Å². The second-order valence-corrected chi connectivity index (χ2v) is 8.73. The van der Waals surface area contributed by atoms with E-state index < -0.39 is 5.60 Å². The maximum atomic E-state index is 12.1. The highest BCUT2D eigenvalue weighted by atomic mass is 16.6. The molecule has 1 rings (SSSR count). The van der Waals surface area contributed by atoms with E-state index in [0.29, 0.717) is 12.1 Å². The normalized spacial score (nSPS) is 22.7. The second-order valence-electron chi connectivity index (χ2n) is 8.73. The Bertz CT molecular complexity index is 363. The van der Waals surface area contributed by atoms with Crippen molar-refractivity contribution in [2.24, 2.45) is 0 Å². The van der Waals surface area contributed by atoms with Gasteiger partial charge in [0.25, 0.3) is 0 Å². The molecule has 1 aliphatic rings. The molecule has 0 bridgehead atoms. The quantitative estimate of drug-likeness (QED) is 0.762. The van der Waals surface area contributed by atoms with Gasteiger partial charge in [0.05, 0.1) is 0 Å². The van der Waals surface area contributed by atoms with Crippen LogP contribution in [0.25, 0.3) is 0 Å². The Kier molecular flexibility index (Phi) is 7.33. The summed E-state index contributed by atoms with van der Waals surface area (Å²) in [6.45, 7) is 14.3. The SMILES string of the molecule is CN(C(=O)OC(C)(C)C)C1CCC(NCCNC(C)(C)C)CC1. The predicted molar refractivity (Wildman–Crippen MR) is 95.8 cm³/mol. The second kappa shape index (κ2) is 8.34. The minimum atomic E-state index is -0.426. The van der Waals surface area contributed by atoms with Crippen LogP contribution in [-0.4, -0.2) is 54.4 Å². The van der Waals surface area contributed by atoms with E-state index in [1.165, 1.54) is 0 Å². The zero-order valence-corrected chi connectivity index (χ0v) is 16.2. The van der Waals surface area contributed by atoms with Crippen molar-refractivity contribution < 1.29 is 9.53 Å². The van der Waals surface area contributed by atoms with E-state index in [9.17, 15) is 4.79 Å². The van der Waals surface area contributed by atoms with Crippen LogP contribution < -0.4 is 10.6 Å². The third-order valence-corrected chi connectivity index (χ3v) is 4.14. The van der Waals surface area contributed by atoms with Gasteiger partial charge in [-0.05, 0) is 67.2 Å². The van der Waals surface area contributed by atoms with Crippen molar-refractivity contribution in [2.45, 2.75) is 90.4 Å². The summed E-state index contributed by atoms with van der Waals surface area (Å²) in [6.07, 6.45) is 4.12. The molecule has 0 heterocycles. The molecule has 0 spiro atoms. The molecule has 5 nitrogen and oxygen atoms in total. The number of rotatable bonds is 5. The molecular formula is C18H37N3O2. The lowest BCUT2D eigenvalue weighted by Gasteiger charge is -2.36. The van der Waals surface area contributed by atoms with Gasteiger partial charge in [-0.15, -0.1) is 0 Å². The minimum Gasteiger partial charge on any atom is -0.444 e. The van der Waals surface area contributed by atoms with Crippen LogP contribution in [0.3, 0.4) is 0 Å². The summed E-state index contributed by atoms with van der Waals surface area (Å²) in [4.78, 5) is 13.9. The molecule has 23 heavy (non-hydrogen) atoms. The van der Waals surface area contributed by atoms with E-state index in [1.807, 2.05) is 27.8 Å². The van der Waals surface area contributed by atoms with Crippen LogP contribution in [0.5, 0.6) is 0 Å². The number of carbonyl (C=O) groups is 1. The van der Waals surface area contributed by atoms with Crippen molar-refractivity contribution in [2.75, 3.05) is 20.1 Å². The molecule has 0 aromatic rings. The van der Waals surface area contributed by atoms with Gasteiger partial charge in [0.1, 0.15) is 5.60 Å². The third-order valence-electron chi connectivity index (χ3n) is 4.14. The van der Waals surface area contributed by atoms with Crippen LogP contribution in [0.1, 0.15) is 67.2 Å². The molecule has 0 saturated heterocycles. The van der Waals surface area contributed by atoms with Gasteiger partial charge in [-0.2, -0.15) is 0 Å². The van der Waals surface area contributed by atoms with Crippen molar-refractivity contribution >= 4 is 6.09 Å². The number of nitrogens with one attached hydrogen (secondary N) is 2. The maximum absolute atomic E-state index is 12.1. The summed E-state index contributed by atoms with van der Waals surface area (Å²) in [6, 6.07) is 0.871. The topological polar surface area (TPSA) is 53.6 Å². The van der Waals surface area contributed by atoms with Crippen molar-refractivity contribution in [3.63, 3.8) is 0 Å². The van der Waals surface area contributed by atoms with Crippen molar-refractivity contribution in [1.82, 2.24) is 15.5 Å². The smallest absolute Gasteiger partial charge is 0.410 e. The first-order valence-corrected chi connectivity index (χ1v) is 8.92. The summed E-state index contributed by atoms with van der Waals surface area (Å²) < 4.78 is 5.45. The van der Waals surface area contributed by atoms with E-state index in [0.717, 1.165) is 38.8 Å². The zero-order valence-electron chi connectivity index (χ0n) is 16.2. The molecule has 0 aromatic heterocycles. The molecule has 2 N–H and O–H groups in total. The maximum Gasteiger partial charge on any atom is 0.410 e. The average molecular weight is 328 g/mol. The van der Waals surface area contributed by atoms with Gasteiger partial charge in [0, 0.05) is 37.8 Å². The summed E-state index contributed by atoms with van der Waals surface area (Å²) in [5.41, 5.74) is -0.250. The lowest BCUT2D eigenvalue weighted by atomic mass is 9.90. The number of hydrogen-bond acceptors (Lipinski definition) is 4. The largest absolute Gasteiger partial charge is 0.444 e. The van der Waals surface area contributed by atoms with E-state index in [1.54, 1.807) is 4.90 Å². The lowest BCUT2D eigenvalue weighted by Crippen LogP contribution is -2.46. The van der Waals surface area contributed by atoms with Crippen LogP contribution in [0.15, 0.2) is 0 Å². The monoisotopic (exact) mass is 327 g/mol. The fourth-order valence-corrected chi connectivity index (χ4v) is 2.86. The molecular weight excluding hydrogens is 290 g/mol. The van der Waals surface area contributed by atoms with Crippen LogP contribution in [0.2, 0.25) is 0 Å². The Labute approximate surface area is 142 Å². The molecule has 0 unspecified atom stereocenters. The minimum absolute atomic E-state index is 0.176. The first-order valence-electron chi connectivity index (χ1n) is 8.92. The Morgan fingerprint density at radius 3 is 2.09 bits per heavy atom. The van der Waals surface area contributed by atoms with E-state index >= 15 is 0 Å². The number of hydrogen-bond donors (Lipinski definition) is 2. The van der Waals surface area contributed by atoms with Crippen molar-refractivity contribution in [3.05, 3.63) is 0 Å². The average Bonchev–Trinajstić information content (AvgIpc) is 2.40. The molecule has 0 atom stereocenters. The van der Waals surface area contributed by atoms with Crippen molar-refractivity contribution in [3.8, 4) is 0 Å². The van der Waals surface area contributed by atoms with Gasteiger partial charge in [-0.3, -0.25) is 0 Å². The first-order chi connectivity index (χ1) is 10.5. The van der Waals surface area contributed by atoms with Gasteiger partial charge in [-0.1, -0.05) is 0 Å². The molecule has 0 aliphatic heterocycles. The molecule has 1 fully saturated rings. The molecule has 0 radical (unpaired) electrons. The highest BCUT2D eigenvalue weighted by molar-refractivity contribution is 5.68. The van der Waals surface area contributed by atoms with Gasteiger partial charge in [0.2, 0.25) is 0 Å². The number of amides is 1. The van der Waals surface area contributed by atoms with Crippen LogP contribution in [0, 0.1) is 0 Å². The van der Waals surface area contributed by atoms with Crippen molar-refractivity contribution in [1.29, 1.82) is 0 Å². The van der Waals surface area contributed by atoms with E-state index in [-0.39, 0.29) is 11.6 Å². The summed E-state index contributed by atoms with van der Waals surface area (Å²) in [5, 5.41) is 7.12.